The summed E-state index contributed by atoms with van der Waals surface area (Å²) in [6, 6.07) is 10.3. The number of rotatable bonds is 6. The first-order chi connectivity index (χ1) is 15.3. The van der Waals surface area contributed by atoms with Crippen LogP contribution < -0.4 is 15.0 Å². The number of methoxy groups -OCH3 is 1. The summed E-state index contributed by atoms with van der Waals surface area (Å²) in [5.41, 5.74) is 2.32. The van der Waals surface area contributed by atoms with E-state index in [9.17, 15) is 0 Å². The fourth-order valence-electron chi connectivity index (χ4n) is 5.87. The minimum atomic E-state index is 0.593. The predicted molar refractivity (Wildman–Crippen MR) is 127 cm³/mol. The molecule has 31 heavy (non-hydrogen) atoms. The van der Waals surface area contributed by atoms with E-state index in [-0.39, 0.29) is 0 Å². The van der Waals surface area contributed by atoms with Crippen molar-refractivity contribution < 1.29 is 4.74 Å². The number of nitrogens with zero attached hydrogens (tertiary/aromatic N) is 3. The Hall–Kier alpha value is -2.18. The van der Waals surface area contributed by atoms with Gasteiger partial charge in [-0.2, -0.15) is 0 Å². The molecule has 4 heterocycles. The Kier molecular flexibility index (Phi) is 5.07. The largest absolute Gasteiger partial charge is 0.496 e. The van der Waals surface area contributed by atoms with E-state index in [4.69, 9.17) is 9.72 Å². The zero-order chi connectivity index (χ0) is 20.8. The highest BCUT2D eigenvalue weighted by Gasteiger charge is 2.42. The molecule has 6 rings (SSSR count). The van der Waals surface area contributed by atoms with Crippen LogP contribution in [0.15, 0.2) is 36.0 Å². The predicted octanol–water partition coefficient (Wildman–Crippen LogP) is 5.26. The molecule has 162 valence electrons. The molecule has 1 N–H and O–H groups in total. The van der Waals surface area contributed by atoms with Crippen molar-refractivity contribution in [3.63, 3.8) is 0 Å². The van der Waals surface area contributed by atoms with Crippen LogP contribution in [0.5, 0.6) is 5.75 Å². The van der Waals surface area contributed by atoms with E-state index < -0.39 is 0 Å². The van der Waals surface area contributed by atoms with Crippen LogP contribution in [0.4, 0.5) is 5.82 Å². The molecule has 2 aromatic heterocycles. The zero-order valence-electron chi connectivity index (χ0n) is 18.1. The molecule has 0 amide bonds. The maximum absolute atomic E-state index is 5.68. The maximum Gasteiger partial charge on any atom is 0.141 e. The number of fused-ring (bicyclic) bond motifs is 3. The lowest BCUT2D eigenvalue weighted by Crippen LogP contribution is -2.47. The van der Waals surface area contributed by atoms with Crippen LogP contribution in [-0.4, -0.2) is 41.7 Å². The Labute approximate surface area is 187 Å². The van der Waals surface area contributed by atoms with Crippen molar-refractivity contribution in [3.05, 3.63) is 36.0 Å². The van der Waals surface area contributed by atoms with E-state index in [0.29, 0.717) is 12.1 Å². The summed E-state index contributed by atoms with van der Waals surface area (Å²) in [6.45, 7) is 1.19. The molecule has 0 spiro atoms. The summed E-state index contributed by atoms with van der Waals surface area (Å²) < 4.78 is 5.68. The van der Waals surface area contributed by atoms with Crippen LogP contribution >= 0.6 is 11.3 Å². The Morgan fingerprint density at radius 1 is 1.06 bits per heavy atom. The number of ether oxygens (including phenoxy) is 1. The van der Waals surface area contributed by atoms with Crippen molar-refractivity contribution in [2.24, 2.45) is 5.92 Å². The number of anilines is 1. The van der Waals surface area contributed by atoms with E-state index in [0.717, 1.165) is 33.9 Å². The lowest BCUT2D eigenvalue weighted by molar-refractivity contribution is 0.274. The third-order valence-corrected chi connectivity index (χ3v) is 8.51. The Balaban J connectivity index is 1.33. The van der Waals surface area contributed by atoms with E-state index in [1.54, 1.807) is 24.8 Å². The highest BCUT2D eigenvalue weighted by atomic mass is 32.1. The minimum Gasteiger partial charge on any atom is -0.496 e. The van der Waals surface area contributed by atoms with E-state index in [2.05, 4.69) is 32.7 Å². The fraction of sp³-hybridized carbons (Fsp3) is 0.520. The number of piperidine rings is 1. The Morgan fingerprint density at radius 3 is 2.61 bits per heavy atom. The van der Waals surface area contributed by atoms with Gasteiger partial charge in [0.25, 0.3) is 0 Å². The van der Waals surface area contributed by atoms with Crippen LogP contribution in [0.2, 0.25) is 0 Å². The van der Waals surface area contributed by atoms with Gasteiger partial charge in [0.15, 0.2) is 0 Å². The second kappa shape index (κ2) is 8.06. The smallest absolute Gasteiger partial charge is 0.141 e. The van der Waals surface area contributed by atoms with Crippen molar-refractivity contribution in [2.45, 2.75) is 63.1 Å². The lowest BCUT2D eigenvalue weighted by atomic mass is 9.88. The highest BCUT2D eigenvalue weighted by molar-refractivity contribution is 7.17. The first-order valence-electron chi connectivity index (χ1n) is 11.7. The van der Waals surface area contributed by atoms with Gasteiger partial charge in [-0.3, -0.25) is 0 Å². The molecule has 2 atom stereocenters. The molecule has 1 aliphatic carbocycles. The Bertz CT molecular complexity index is 1060. The van der Waals surface area contributed by atoms with E-state index in [1.165, 1.54) is 62.4 Å². The average Bonchev–Trinajstić information content (AvgIpc) is 3.31. The molecule has 3 fully saturated rings. The summed E-state index contributed by atoms with van der Waals surface area (Å²) in [7, 11) is 1.74. The van der Waals surface area contributed by atoms with Gasteiger partial charge < -0.3 is 15.0 Å². The van der Waals surface area contributed by atoms with Crippen LogP contribution in [0.1, 0.15) is 44.9 Å². The first kappa shape index (κ1) is 19.5. The van der Waals surface area contributed by atoms with Gasteiger partial charge in [-0.1, -0.05) is 24.6 Å². The quantitative estimate of drug-likeness (QED) is 0.574. The number of hydrogen-bond acceptors (Lipinski definition) is 6. The molecule has 0 radical (unpaired) electrons. The summed E-state index contributed by atoms with van der Waals surface area (Å²) in [4.78, 5) is 13.2. The molecule has 6 heteroatoms. The summed E-state index contributed by atoms with van der Waals surface area (Å²) >= 11 is 1.71. The molecule has 1 saturated carbocycles. The average molecular weight is 435 g/mol. The summed E-state index contributed by atoms with van der Waals surface area (Å²) in [5.74, 6) is 2.83. The fourth-order valence-corrected chi connectivity index (χ4v) is 6.77. The monoisotopic (exact) mass is 434 g/mol. The number of aromatic nitrogens is 2. The van der Waals surface area contributed by atoms with Crippen LogP contribution in [0.3, 0.4) is 0 Å². The van der Waals surface area contributed by atoms with Crippen molar-refractivity contribution in [1.82, 2.24) is 15.3 Å². The first-order valence-corrected chi connectivity index (χ1v) is 12.6. The van der Waals surface area contributed by atoms with Crippen molar-refractivity contribution >= 4 is 27.4 Å². The lowest BCUT2D eigenvalue weighted by Gasteiger charge is -2.41. The third kappa shape index (κ3) is 3.40. The van der Waals surface area contributed by atoms with Gasteiger partial charge in [0, 0.05) is 34.6 Å². The summed E-state index contributed by atoms with van der Waals surface area (Å²) in [6.07, 6.45) is 11.0. The highest BCUT2D eigenvalue weighted by Crippen LogP contribution is 2.47. The molecular formula is C25H30N4OS. The third-order valence-electron chi connectivity index (χ3n) is 7.62. The second-order valence-corrected chi connectivity index (χ2v) is 10.3. The number of hydrogen-bond donors (Lipinski definition) is 1. The molecule has 3 aliphatic rings. The van der Waals surface area contributed by atoms with Crippen LogP contribution in [-0.2, 0) is 0 Å². The Morgan fingerprint density at radius 2 is 1.87 bits per heavy atom. The van der Waals surface area contributed by atoms with Crippen LogP contribution in [0, 0.1) is 5.92 Å². The maximum atomic E-state index is 5.68. The van der Waals surface area contributed by atoms with Gasteiger partial charge in [0.2, 0.25) is 0 Å². The summed E-state index contributed by atoms with van der Waals surface area (Å²) in [5, 5.41) is 7.24. The number of thiophene rings is 1. The van der Waals surface area contributed by atoms with Gasteiger partial charge in [-0.15, -0.1) is 11.3 Å². The molecule has 2 unspecified atom stereocenters. The van der Waals surface area contributed by atoms with Gasteiger partial charge in [0.05, 0.1) is 12.5 Å². The van der Waals surface area contributed by atoms with E-state index >= 15 is 0 Å². The van der Waals surface area contributed by atoms with Gasteiger partial charge in [-0.05, 0) is 57.1 Å². The second-order valence-electron chi connectivity index (χ2n) is 9.39. The molecule has 3 aromatic rings. The number of para-hydroxylation sites is 1. The number of benzene rings is 1. The zero-order valence-corrected chi connectivity index (χ0v) is 18.9. The molecule has 2 aliphatic heterocycles. The minimum absolute atomic E-state index is 0.593. The van der Waals surface area contributed by atoms with Gasteiger partial charge in [0.1, 0.15) is 22.7 Å². The molecular weight excluding hydrogens is 404 g/mol. The molecule has 1 aromatic carbocycles. The standard InChI is InChI=1S/C25H30N4OS/c1-30-22-8-3-2-7-20(22)21-14-31-25-23(21)24(27-15-28-25)29-18-9-10-19(29)12-16(11-18)13-26-17-5-4-6-17/h2-3,7-8,14-19,26H,4-6,9-13H2,1H3. The van der Waals surface area contributed by atoms with Crippen molar-refractivity contribution in [1.29, 1.82) is 0 Å². The van der Waals surface area contributed by atoms with Gasteiger partial charge in [-0.25, -0.2) is 9.97 Å². The molecule has 2 bridgehead atoms. The SMILES string of the molecule is COc1ccccc1-c1csc2ncnc(N3C4CCC3CC(CNC3CCC3)C4)c12. The van der Waals surface area contributed by atoms with Crippen molar-refractivity contribution in [2.75, 3.05) is 18.6 Å². The normalized spacial score (nSPS) is 25.7. The molecule has 2 saturated heterocycles. The van der Waals surface area contributed by atoms with Crippen LogP contribution in [0.25, 0.3) is 21.3 Å². The van der Waals surface area contributed by atoms with Crippen molar-refractivity contribution in [3.8, 4) is 16.9 Å². The number of nitrogens with one attached hydrogen (secondary N) is 1. The molecule has 5 nitrogen and oxygen atoms in total. The van der Waals surface area contributed by atoms with Gasteiger partial charge >= 0.3 is 0 Å². The van der Waals surface area contributed by atoms with E-state index in [1.807, 2.05) is 12.1 Å². The topological polar surface area (TPSA) is 50.3 Å².